The molecule has 0 radical (unpaired) electrons. The number of nitrogens with zero attached hydrogens (tertiary/aromatic N) is 1. The third-order valence-corrected chi connectivity index (χ3v) is 3.82. The van der Waals surface area contributed by atoms with Crippen LogP contribution in [0.5, 0.6) is 0 Å². The van der Waals surface area contributed by atoms with Crippen molar-refractivity contribution in [2.75, 3.05) is 5.75 Å². The minimum Gasteiger partial charge on any atom is -0.480 e. The van der Waals surface area contributed by atoms with Crippen LogP contribution in [0.3, 0.4) is 0 Å². The first-order valence-corrected chi connectivity index (χ1v) is 7.21. The number of rotatable bonds is 6. The van der Waals surface area contributed by atoms with Crippen LogP contribution < -0.4 is 5.32 Å². The molecule has 0 aliphatic rings. The van der Waals surface area contributed by atoms with Gasteiger partial charge < -0.3 is 10.4 Å². The number of carboxylic acid groups (broad SMARTS) is 1. The van der Waals surface area contributed by atoms with Crippen molar-refractivity contribution >= 4 is 21.7 Å². The van der Waals surface area contributed by atoms with Gasteiger partial charge in [0.2, 0.25) is 5.91 Å². The molecular formula is C11H14N2O5S. The molecule has 7 nitrogen and oxygen atoms in total. The van der Waals surface area contributed by atoms with Crippen LogP contribution in [0, 0.1) is 0 Å². The zero-order chi connectivity index (χ0) is 14.5. The Balaban J connectivity index is 2.77. The highest BCUT2D eigenvalue weighted by molar-refractivity contribution is 7.90. The summed E-state index contributed by atoms with van der Waals surface area (Å²) in [5.41, 5.74) is 0.467. The molecule has 0 aliphatic carbocycles. The van der Waals surface area contributed by atoms with Crippen molar-refractivity contribution in [2.45, 2.75) is 18.7 Å². The van der Waals surface area contributed by atoms with Crippen LogP contribution in [0.4, 0.5) is 0 Å². The van der Waals surface area contributed by atoms with E-state index >= 15 is 0 Å². The molecule has 1 aromatic heterocycles. The van der Waals surface area contributed by atoms with Crippen molar-refractivity contribution in [3.63, 3.8) is 0 Å². The third kappa shape index (κ3) is 5.47. The fourth-order valence-electron chi connectivity index (χ4n) is 1.47. The van der Waals surface area contributed by atoms with Gasteiger partial charge in [-0.05, 0) is 11.6 Å². The first-order chi connectivity index (χ1) is 8.80. The third-order valence-electron chi connectivity index (χ3n) is 2.21. The van der Waals surface area contributed by atoms with Crippen LogP contribution in [0.25, 0.3) is 0 Å². The number of aliphatic carboxylic acids is 1. The zero-order valence-corrected chi connectivity index (χ0v) is 11.1. The highest BCUT2D eigenvalue weighted by atomic mass is 32.2. The normalized spacial score (nSPS) is 12.7. The number of hydrogen-bond acceptors (Lipinski definition) is 5. The minimum absolute atomic E-state index is 0.315. The molecule has 0 saturated heterocycles. The zero-order valence-electron chi connectivity index (χ0n) is 10.2. The molecule has 1 aromatic rings. The maximum Gasteiger partial charge on any atom is 0.327 e. The van der Waals surface area contributed by atoms with Gasteiger partial charge in [0.1, 0.15) is 6.04 Å². The van der Waals surface area contributed by atoms with Crippen molar-refractivity contribution < 1.29 is 23.1 Å². The van der Waals surface area contributed by atoms with E-state index in [4.69, 9.17) is 5.11 Å². The number of carbonyl (C=O) groups is 2. The first kappa shape index (κ1) is 15.1. The SMILES string of the molecule is CC(=O)N[C@@H](CS(=O)(=O)Cc1cccnc1)C(=O)O. The smallest absolute Gasteiger partial charge is 0.327 e. The molecule has 8 heteroatoms. The molecule has 1 rings (SSSR count). The molecular weight excluding hydrogens is 272 g/mol. The predicted octanol–water partition coefficient (Wildman–Crippen LogP) is -0.414. The van der Waals surface area contributed by atoms with Gasteiger partial charge in [-0.3, -0.25) is 9.78 Å². The van der Waals surface area contributed by atoms with Gasteiger partial charge in [0.15, 0.2) is 9.84 Å². The van der Waals surface area contributed by atoms with E-state index in [0.717, 1.165) is 6.92 Å². The Hall–Kier alpha value is -1.96. The molecule has 2 N–H and O–H groups in total. The number of amides is 1. The summed E-state index contributed by atoms with van der Waals surface area (Å²) in [7, 11) is -3.66. The van der Waals surface area contributed by atoms with Gasteiger partial charge in [-0.2, -0.15) is 0 Å². The highest BCUT2D eigenvalue weighted by Gasteiger charge is 2.26. The molecule has 104 valence electrons. The van der Waals surface area contributed by atoms with Crippen molar-refractivity contribution in [3.8, 4) is 0 Å². The van der Waals surface area contributed by atoms with Crippen LogP contribution in [0.15, 0.2) is 24.5 Å². The Bertz CT molecular complexity index is 556. The van der Waals surface area contributed by atoms with E-state index in [-0.39, 0.29) is 5.75 Å². The van der Waals surface area contributed by atoms with Crippen LogP contribution in [-0.2, 0) is 25.2 Å². The standard InChI is InChI=1S/C11H14N2O5S/c1-8(14)13-10(11(15)16)7-19(17,18)6-9-3-2-4-12-5-9/h2-5,10H,6-7H2,1H3,(H,13,14)(H,15,16)/t10-/m0/s1. The molecule has 0 saturated carbocycles. The van der Waals surface area contributed by atoms with E-state index in [9.17, 15) is 18.0 Å². The predicted molar refractivity (Wildman–Crippen MR) is 67.0 cm³/mol. The second kappa shape index (κ2) is 6.28. The molecule has 1 heterocycles. The number of aromatic nitrogens is 1. The fraction of sp³-hybridized carbons (Fsp3) is 0.364. The molecule has 0 aliphatic heterocycles. The quantitative estimate of drug-likeness (QED) is 0.734. The lowest BCUT2D eigenvalue weighted by molar-refractivity contribution is -0.140. The number of carbonyl (C=O) groups excluding carboxylic acids is 1. The Morgan fingerprint density at radius 1 is 1.47 bits per heavy atom. The number of nitrogens with one attached hydrogen (secondary N) is 1. The number of pyridine rings is 1. The lowest BCUT2D eigenvalue weighted by atomic mass is 10.3. The van der Waals surface area contributed by atoms with E-state index in [0.29, 0.717) is 5.56 Å². The van der Waals surface area contributed by atoms with Gasteiger partial charge >= 0.3 is 5.97 Å². The number of hydrogen-bond donors (Lipinski definition) is 2. The number of carboxylic acids is 1. The van der Waals surface area contributed by atoms with E-state index < -0.39 is 33.5 Å². The summed E-state index contributed by atoms with van der Waals surface area (Å²) >= 11 is 0. The Kier molecular flexibility index (Phi) is 4.99. The summed E-state index contributed by atoms with van der Waals surface area (Å²) in [5.74, 6) is -2.95. The van der Waals surface area contributed by atoms with Crippen LogP contribution in [-0.4, -0.2) is 42.2 Å². The van der Waals surface area contributed by atoms with Crippen LogP contribution in [0.2, 0.25) is 0 Å². The molecule has 0 spiro atoms. The number of sulfone groups is 1. The Labute approximate surface area is 110 Å². The van der Waals surface area contributed by atoms with Crippen molar-refractivity contribution in [1.29, 1.82) is 0 Å². The van der Waals surface area contributed by atoms with E-state index in [1.807, 2.05) is 0 Å². The second-order valence-electron chi connectivity index (χ2n) is 4.01. The minimum atomic E-state index is -3.66. The average Bonchev–Trinajstić information content (AvgIpc) is 2.27. The average molecular weight is 286 g/mol. The molecule has 1 amide bonds. The molecule has 0 fully saturated rings. The summed E-state index contributed by atoms with van der Waals surface area (Å²) in [6, 6.07) is 1.73. The fourth-order valence-corrected chi connectivity index (χ4v) is 3.00. The summed E-state index contributed by atoms with van der Waals surface area (Å²) in [4.78, 5) is 25.5. The summed E-state index contributed by atoms with van der Waals surface area (Å²) in [6.07, 6.45) is 2.90. The van der Waals surface area contributed by atoms with Crippen LogP contribution in [0.1, 0.15) is 12.5 Å². The maximum atomic E-state index is 11.9. The van der Waals surface area contributed by atoms with Gasteiger partial charge in [0.05, 0.1) is 11.5 Å². The largest absolute Gasteiger partial charge is 0.480 e. The van der Waals surface area contributed by atoms with E-state index in [2.05, 4.69) is 10.3 Å². The van der Waals surface area contributed by atoms with Gasteiger partial charge in [0, 0.05) is 19.3 Å². The highest BCUT2D eigenvalue weighted by Crippen LogP contribution is 2.06. The molecule has 0 bridgehead atoms. The van der Waals surface area contributed by atoms with E-state index in [1.54, 1.807) is 12.1 Å². The van der Waals surface area contributed by atoms with Gasteiger partial charge in [-0.25, -0.2) is 13.2 Å². The first-order valence-electron chi connectivity index (χ1n) is 5.39. The van der Waals surface area contributed by atoms with Gasteiger partial charge in [-0.15, -0.1) is 0 Å². The molecule has 0 unspecified atom stereocenters. The van der Waals surface area contributed by atoms with Crippen molar-refractivity contribution in [2.24, 2.45) is 0 Å². The lowest BCUT2D eigenvalue weighted by Gasteiger charge is -2.13. The topological polar surface area (TPSA) is 113 Å². The summed E-state index contributed by atoms with van der Waals surface area (Å²) in [5, 5.41) is 10.9. The Morgan fingerprint density at radius 3 is 2.63 bits per heavy atom. The van der Waals surface area contributed by atoms with Crippen molar-refractivity contribution in [1.82, 2.24) is 10.3 Å². The monoisotopic (exact) mass is 286 g/mol. The molecule has 0 aromatic carbocycles. The van der Waals surface area contributed by atoms with E-state index in [1.165, 1.54) is 12.4 Å². The lowest BCUT2D eigenvalue weighted by Crippen LogP contribution is -2.44. The Morgan fingerprint density at radius 2 is 2.16 bits per heavy atom. The van der Waals surface area contributed by atoms with Gasteiger partial charge in [0.25, 0.3) is 0 Å². The molecule has 19 heavy (non-hydrogen) atoms. The summed E-state index contributed by atoms with van der Waals surface area (Å²) < 4.78 is 23.7. The second-order valence-corrected chi connectivity index (χ2v) is 6.12. The van der Waals surface area contributed by atoms with Crippen LogP contribution >= 0.6 is 0 Å². The summed E-state index contributed by atoms with van der Waals surface area (Å²) in [6.45, 7) is 1.13. The molecule has 1 atom stereocenters. The maximum absolute atomic E-state index is 11.9. The van der Waals surface area contributed by atoms with Gasteiger partial charge in [-0.1, -0.05) is 6.07 Å². The van der Waals surface area contributed by atoms with Crippen molar-refractivity contribution in [3.05, 3.63) is 30.1 Å².